The van der Waals surface area contributed by atoms with E-state index in [1.165, 1.54) is 25.7 Å². The zero-order valence-electron chi connectivity index (χ0n) is 10.00. The Hall–Kier alpha value is -0.610. The van der Waals surface area contributed by atoms with Gasteiger partial charge in [0.05, 0.1) is 12.1 Å². The van der Waals surface area contributed by atoms with Crippen LogP contribution in [0.25, 0.3) is 0 Å². The summed E-state index contributed by atoms with van der Waals surface area (Å²) in [6.45, 7) is 1.65. The molecular formula is C12H22N2O2. The van der Waals surface area contributed by atoms with E-state index >= 15 is 0 Å². The molecule has 0 radical (unpaired) electrons. The van der Waals surface area contributed by atoms with E-state index < -0.39 is 0 Å². The SMILES string of the molecule is COC1CNC(C(=O)NCC2CCCC2)C1. The normalized spacial score (nSPS) is 30.8. The molecule has 0 aromatic heterocycles. The van der Waals surface area contributed by atoms with E-state index in [0.29, 0.717) is 5.92 Å². The van der Waals surface area contributed by atoms with Gasteiger partial charge in [0.1, 0.15) is 0 Å². The maximum Gasteiger partial charge on any atom is 0.237 e. The smallest absolute Gasteiger partial charge is 0.237 e. The lowest BCUT2D eigenvalue weighted by molar-refractivity contribution is -0.123. The van der Waals surface area contributed by atoms with Gasteiger partial charge >= 0.3 is 0 Å². The molecule has 2 N–H and O–H groups in total. The predicted octanol–water partition coefficient (Wildman–Crippen LogP) is 0.670. The summed E-state index contributed by atoms with van der Waals surface area (Å²) in [4.78, 5) is 11.8. The largest absolute Gasteiger partial charge is 0.380 e. The summed E-state index contributed by atoms with van der Waals surface area (Å²) in [5.74, 6) is 0.857. The maximum absolute atomic E-state index is 11.8. The van der Waals surface area contributed by atoms with Crippen molar-refractivity contribution >= 4 is 5.91 Å². The Kier molecular flexibility index (Phi) is 4.18. The van der Waals surface area contributed by atoms with Gasteiger partial charge in [-0.15, -0.1) is 0 Å². The summed E-state index contributed by atoms with van der Waals surface area (Å²) >= 11 is 0. The second-order valence-corrected chi connectivity index (χ2v) is 4.95. The van der Waals surface area contributed by atoms with Crippen LogP contribution in [-0.2, 0) is 9.53 Å². The van der Waals surface area contributed by atoms with Crippen LogP contribution in [0.1, 0.15) is 32.1 Å². The molecule has 92 valence electrons. The molecule has 1 heterocycles. The minimum absolute atomic E-state index is 0.0497. The van der Waals surface area contributed by atoms with E-state index in [2.05, 4.69) is 10.6 Å². The molecule has 0 bridgehead atoms. The van der Waals surface area contributed by atoms with Gasteiger partial charge in [-0.2, -0.15) is 0 Å². The molecule has 1 saturated carbocycles. The summed E-state index contributed by atoms with van der Waals surface area (Å²) in [6, 6.07) is -0.0497. The molecule has 16 heavy (non-hydrogen) atoms. The molecule has 1 saturated heterocycles. The van der Waals surface area contributed by atoms with Crippen LogP contribution in [0.4, 0.5) is 0 Å². The minimum Gasteiger partial charge on any atom is -0.380 e. The average Bonchev–Trinajstić information content (AvgIpc) is 2.96. The van der Waals surface area contributed by atoms with E-state index in [1.54, 1.807) is 7.11 Å². The second kappa shape index (κ2) is 5.64. The molecule has 2 rings (SSSR count). The highest BCUT2D eigenvalue weighted by Crippen LogP contribution is 2.23. The van der Waals surface area contributed by atoms with Crippen LogP contribution in [-0.4, -0.2) is 38.3 Å². The van der Waals surface area contributed by atoms with Crippen molar-refractivity contribution in [3.63, 3.8) is 0 Å². The van der Waals surface area contributed by atoms with Crippen LogP contribution in [0.5, 0.6) is 0 Å². The molecule has 2 atom stereocenters. The molecule has 4 nitrogen and oxygen atoms in total. The van der Waals surface area contributed by atoms with Crippen molar-refractivity contribution in [2.75, 3.05) is 20.2 Å². The molecular weight excluding hydrogens is 204 g/mol. The minimum atomic E-state index is -0.0497. The Morgan fingerprint density at radius 3 is 2.81 bits per heavy atom. The molecule has 1 aliphatic carbocycles. The zero-order chi connectivity index (χ0) is 11.4. The van der Waals surface area contributed by atoms with Crippen molar-refractivity contribution in [2.24, 2.45) is 5.92 Å². The fourth-order valence-electron chi connectivity index (χ4n) is 2.67. The lowest BCUT2D eigenvalue weighted by Crippen LogP contribution is -2.41. The summed E-state index contributed by atoms with van der Waals surface area (Å²) in [5, 5.41) is 6.25. The van der Waals surface area contributed by atoms with Crippen molar-refractivity contribution in [3.8, 4) is 0 Å². The molecule has 0 spiro atoms. The van der Waals surface area contributed by atoms with E-state index in [-0.39, 0.29) is 18.1 Å². The molecule has 1 aliphatic heterocycles. The van der Waals surface area contributed by atoms with Crippen molar-refractivity contribution < 1.29 is 9.53 Å². The third-order valence-electron chi connectivity index (χ3n) is 3.78. The lowest BCUT2D eigenvalue weighted by atomic mass is 10.1. The highest BCUT2D eigenvalue weighted by atomic mass is 16.5. The fraction of sp³-hybridized carbons (Fsp3) is 0.917. The first-order chi connectivity index (χ1) is 7.79. The number of rotatable bonds is 4. The number of carbonyl (C=O) groups is 1. The van der Waals surface area contributed by atoms with Crippen molar-refractivity contribution in [1.29, 1.82) is 0 Å². The third kappa shape index (κ3) is 2.95. The summed E-state index contributed by atoms with van der Waals surface area (Å²) in [5.41, 5.74) is 0. The Balaban J connectivity index is 1.67. The average molecular weight is 226 g/mol. The number of carbonyl (C=O) groups excluding carboxylic acids is 1. The maximum atomic E-state index is 11.8. The van der Waals surface area contributed by atoms with Gasteiger partial charge in [0.25, 0.3) is 0 Å². The molecule has 2 unspecified atom stereocenters. The quantitative estimate of drug-likeness (QED) is 0.741. The topological polar surface area (TPSA) is 50.4 Å². The monoisotopic (exact) mass is 226 g/mol. The van der Waals surface area contributed by atoms with Gasteiger partial charge in [0.2, 0.25) is 5.91 Å². The number of hydrogen-bond donors (Lipinski definition) is 2. The number of methoxy groups -OCH3 is 1. The first kappa shape index (κ1) is 11.9. The van der Waals surface area contributed by atoms with Gasteiger partial charge in [0, 0.05) is 20.2 Å². The number of nitrogens with one attached hydrogen (secondary N) is 2. The highest BCUT2D eigenvalue weighted by Gasteiger charge is 2.29. The van der Waals surface area contributed by atoms with E-state index in [0.717, 1.165) is 19.5 Å². The molecule has 0 aromatic carbocycles. The summed E-state index contributed by atoms with van der Waals surface area (Å²) < 4.78 is 5.23. The number of amides is 1. The van der Waals surface area contributed by atoms with E-state index in [9.17, 15) is 4.79 Å². The van der Waals surface area contributed by atoms with Crippen LogP contribution in [0.3, 0.4) is 0 Å². The van der Waals surface area contributed by atoms with E-state index in [1.807, 2.05) is 0 Å². The van der Waals surface area contributed by atoms with E-state index in [4.69, 9.17) is 4.74 Å². The van der Waals surface area contributed by atoms with Crippen molar-refractivity contribution in [1.82, 2.24) is 10.6 Å². The van der Waals surface area contributed by atoms with Gasteiger partial charge in [0.15, 0.2) is 0 Å². The first-order valence-electron chi connectivity index (χ1n) is 6.33. The second-order valence-electron chi connectivity index (χ2n) is 4.95. The highest BCUT2D eigenvalue weighted by molar-refractivity contribution is 5.82. The summed E-state index contributed by atoms with van der Waals surface area (Å²) in [7, 11) is 1.70. The van der Waals surface area contributed by atoms with Crippen LogP contribution < -0.4 is 10.6 Å². The standard InChI is InChI=1S/C12H22N2O2/c1-16-10-6-11(13-8-10)12(15)14-7-9-4-2-3-5-9/h9-11,13H,2-8H2,1H3,(H,14,15). The molecule has 2 fully saturated rings. The predicted molar refractivity (Wildman–Crippen MR) is 62.2 cm³/mol. The molecule has 2 aliphatic rings. The van der Waals surface area contributed by atoms with Crippen molar-refractivity contribution in [2.45, 2.75) is 44.2 Å². The lowest BCUT2D eigenvalue weighted by Gasteiger charge is -2.14. The zero-order valence-corrected chi connectivity index (χ0v) is 10.00. The third-order valence-corrected chi connectivity index (χ3v) is 3.78. The van der Waals surface area contributed by atoms with Gasteiger partial charge in [-0.1, -0.05) is 12.8 Å². The van der Waals surface area contributed by atoms with Crippen molar-refractivity contribution in [3.05, 3.63) is 0 Å². The number of hydrogen-bond acceptors (Lipinski definition) is 3. The molecule has 0 aromatic rings. The Morgan fingerprint density at radius 2 is 2.19 bits per heavy atom. The Morgan fingerprint density at radius 1 is 1.44 bits per heavy atom. The first-order valence-corrected chi connectivity index (χ1v) is 6.33. The van der Waals surface area contributed by atoms with Crippen LogP contribution in [0.15, 0.2) is 0 Å². The van der Waals surface area contributed by atoms with Gasteiger partial charge in [-0.05, 0) is 25.2 Å². The van der Waals surface area contributed by atoms with Crippen LogP contribution >= 0.6 is 0 Å². The fourth-order valence-corrected chi connectivity index (χ4v) is 2.67. The Labute approximate surface area is 97.1 Å². The van der Waals surface area contributed by atoms with Crippen LogP contribution in [0.2, 0.25) is 0 Å². The number of ether oxygens (including phenoxy) is 1. The van der Waals surface area contributed by atoms with Gasteiger partial charge in [-0.25, -0.2) is 0 Å². The van der Waals surface area contributed by atoms with Gasteiger partial charge < -0.3 is 15.4 Å². The molecule has 1 amide bonds. The Bertz CT molecular complexity index is 239. The molecule has 4 heteroatoms. The van der Waals surface area contributed by atoms with Gasteiger partial charge in [-0.3, -0.25) is 4.79 Å². The summed E-state index contributed by atoms with van der Waals surface area (Å²) in [6.07, 6.45) is 6.20. The van der Waals surface area contributed by atoms with Crippen LogP contribution in [0, 0.1) is 5.92 Å².